The zero-order valence-electron chi connectivity index (χ0n) is 16.4. The largest absolute Gasteiger partial charge is 0.337 e. The van der Waals surface area contributed by atoms with E-state index in [0.717, 1.165) is 22.7 Å². The number of nitro benzene ring substituents is 2. The van der Waals surface area contributed by atoms with Crippen molar-refractivity contribution in [2.75, 3.05) is 0 Å². The third kappa shape index (κ3) is 3.25. The topological polar surface area (TPSA) is 133 Å². The van der Waals surface area contributed by atoms with E-state index in [2.05, 4.69) is 15.1 Å². The van der Waals surface area contributed by atoms with E-state index in [-0.39, 0.29) is 11.4 Å². The van der Waals surface area contributed by atoms with Gasteiger partial charge in [0.15, 0.2) is 5.82 Å². The first-order valence-corrected chi connectivity index (χ1v) is 9.55. The molecule has 0 saturated carbocycles. The van der Waals surface area contributed by atoms with Gasteiger partial charge >= 0.3 is 5.69 Å². The molecule has 0 fully saturated rings. The van der Waals surface area contributed by atoms with Gasteiger partial charge in [-0.15, -0.1) is 0 Å². The van der Waals surface area contributed by atoms with Gasteiger partial charge < -0.3 is 4.98 Å². The quantitative estimate of drug-likeness (QED) is 0.314. The second-order valence-electron chi connectivity index (χ2n) is 6.98. The van der Waals surface area contributed by atoms with E-state index in [4.69, 9.17) is 0 Å². The summed E-state index contributed by atoms with van der Waals surface area (Å²) in [7, 11) is 0. The third-order valence-corrected chi connectivity index (χ3v) is 5.01. The minimum Gasteiger partial charge on any atom is -0.337 e. The highest BCUT2D eigenvalue weighted by Gasteiger charge is 2.25. The summed E-state index contributed by atoms with van der Waals surface area (Å²) in [5.41, 5.74) is 2.70. The molecule has 10 heteroatoms. The first kappa shape index (κ1) is 19.1. The van der Waals surface area contributed by atoms with Crippen LogP contribution in [0.15, 0.2) is 78.9 Å². The number of benzene rings is 3. The molecule has 5 aromatic rings. The van der Waals surface area contributed by atoms with Gasteiger partial charge in [-0.2, -0.15) is 5.10 Å². The Balaban J connectivity index is 1.77. The summed E-state index contributed by atoms with van der Waals surface area (Å²) in [6, 6.07) is 22.1. The molecule has 156 valence electrons. The van der Waals surface area contributed by atoms with Gasteiger partial charge in [-0.1, -0.05) is 42.5 Å². The Kier molecular flexibility index (Phi) is 4.44. The molecule has 0 amide bonds. The van der Waals surface area contributed by atoms with E-state index in [9.17, 15) is 20.2 Å². The van der Waals surface area contributed by atoms with Crippen LogP contribution < -0.4 is 0 Å². The molecular weight excluding hydrogens is 412 g/mol. The van der Waals surface area contributed by atoms with Gasteiger partial charge in [-0.3, -0.25) is 20.2 Å². The van der Waals surface area contributed by atoms with E-state index in [1.54, 1.807) is 6.07 Å². The van der Waals surface area contributed by atoms with Crippen molar-refractivity contribution >= 4 is 22.4 Å². The molecule has 0 saturated heterocycles. The maximum absolute atomic E-state index is 11.8. The molecule has 0 bridgehead atoms. The third-order valence-electron chi connectivity index (χ3n) is 5.01. The number of hydrogen-bond donors (Lipinski definition) is 1. The summed E-state index contributed by atoms with van der Waals surface area (Å²) in [4.78, 5) is 29.4. The van der Waals surface area contributed by atoms with Crippen molar-refractivity contribution in [1.82, 2.24) is 19.7 Å². The fraction of sp³-hybridized carbons (Fsp3) is 0. The van der Waals surface area contributed by atoms with Crippen LogP contribution in [0.5, 0.6) is 0 Å². The van der Waals surface area contributed by atoms with Crippen LogP contribution in [0.2, 0.25) is 0 Å². The zero-order chi connectivity index (χ0) is 22.2. The van der Waals surface area contributed by atoms with Gasteiger partial charge in [-0.05, 0) is 24.3 Å². The maximum Gasteiger partial charge on any atom is 0.301 e. The number of hydrogen-bond acceptors (Lipinski definition) is 6. The van der Waals surface area contributed by atoms with Crippen molar-refractivity contribution in [3.63, 3.8) is 0 Å². The summed E-state index contributed by atoms with van der Waals surface area (Å²) >= 11 is 0. The SMILES string of the molecule is O=[N+]([O-])c1ccc(-n2nc(-c3ccccc3)cc2-c2nc3ccccc3[nH]2)c([N+](=O)[O-])c1. The highest BCUT2D eigenvalue weighted by Crippen LogP contribution is 2.33. The number of nitro groups is 2. The summed E-state index contributed by atoms with van der Waals surface area (Å²) < 4.78 is 1.39. The van der Waals surface area contributed by atoms with Crippen LogP contribution in [0.1, 0.15) is 0 Å². The molecule has 0 aliphatic rings. The van der Waals surface area contributed by atoms with E-state index >= 15 is 0 Å². The molecule has 5 rings (SSSR count). The summed E-state index contributed by atoms with van der Waals surface area (Å²) in [6.07, 6.45) is 0. The lowest BCUT2D eigenvalue weighted by Gasteiger charge is -2.06. The number of para-hydroxylation sites is 2. The molecule has 0 unspecified atom stereocenters. The molecule has 0 aliphatic carbocycles. The van der Waals surface area contributed by atoms with Gasteiger partial charge in [0, 0.05) is 11.6 Å². The molecule has 0 atom stereocenters. The van der Waals surface area contributed by atoms with E-state index in [1.165, 1.54) is 16.8 Å². The number of nitrogens with one attached hydrogen (secondary N) is 1. The zero-order valence-corrected chi connectivity index (χ0v) is 16.4. The Morgan fingerprint density at radius 1 is 0.844 bits per heavy atom. The minimum absolute atomic E-state index is 0.0956. The predicted octanol–water partition coefficient (Wildman–Crippen LogP) is 4.90. The normalized spacial score (nSPS) is 11.0. The fourth-order valence-corrected chi connectivity index (χ4v) is 3.51. The number of fused-ring (bicyclic) bond motifs is 1. The first-order chi connectivity index (χ1) is 15.5. The van der Waals surface area contributed by atoms with E-state index in [1.807, 2.05) is 54.6 Å². The minimum atomic E-state index is -0.671. The molecule has 2 heterocycles. The Hall–Kier alpha value is -4.86. The maximum atomic E-state index is 11.8. The summed E-state index contributed by atoms with van der Waals surface area (Å²) in [5.74, 6) is 0.466. The summed E-state index contributed by atoms with van der Waals surface area (Å²) in [5, 5.41) is 27.5. The van der Waals surface area contributed by atoms with Gasteiger partial charge in [0.2, 0.25) is 0 Å². The molecular formula is C22H14N6O4. The average molecular weight is 426 g/mol. The molecule has 32 heavy (non-hydrogen) atoms. The second-order valence-corrected chi connectivity index (χ2v) is 6.98. The lowest BCUT2D eigenvalue weighted by Crippen LogP contribution is -2.05. The standard InChI is InChI=1S/C22H14N6O4/c29-27(30)15-10-11-19(20(12-15)28(31)32)26-21(13-18(25-26)14-6-2-1-3-7-14)22-23-16-8-4-5-9-17(16)24-22/h1-13H,(H,23,24). The van der Waals surface area contributed by atoms with Crippen LogP contribution >= 0.6 is 0 Å². The molecule has 0 spiro atoms. The van der Waals surface area contributed by atoms with Crippen LogP contribution in [0.4, 0.5) is 11.4 Å². The van der Waals surface area contributed by atoms with Crippen molar-refractivity contribution in [2.45, 2.75) is 0 Å². The molecule has 0 radical (unpaired) electrons. The second kappa shape index (κ2) is 7.43. The number of imidazole rings is 1. The lowest BCUT2D eigenvalue weighted by atomic mass is 10.1. The van der Waals surface area contributed by atoms with Gasteiger partial charge in [0.1, 0.15) is 11.4 Å². The number of rotatable bonds is 5. The van der Waals surface area contributed by atoms with Crippen LogP contribution in [0, 0.1) is 20.2 Å². The Labute approximate surface area is 180 Å². The Bertz CT molecular complexity index is 1460. The van der Waals surface area contributed by atoms with Crippen LogP contribution in [0.3, 0.4) is 0 Å². The highest BCUT2D eigenvalue weighted by atomic mass is 16.6. The van der Waals surface area contributed by atoms with Crippen molar-refractivity contribution in [3.8, 4) is 28.5 Å². The van der Waals surface area contributed by atoms with Crippen LogP contribution in [-0.2, 0) is 0 Å². The van der Waals surface area contributed by atoms with Crippen molar-refractivity contribution in [3.05, 3.63) is 99.1 Å². The van der Waals surface area contributed by atoms with E-state index < -0.39 is 15.5 Å². The predicted molar refractivity (Wildman–Crippen MR) is 117 cm³/mol. The first-order valence-electron chi connectivity index (χ1n) is 9.55. The van der Waals surface area contributed by atoms with Crippen LogP contribution in [0.25, 0.3) is 39.5 Å². The average Bonchev–Trinajstić information content (AvgIpc) is 3.43. The van der Waals surface area contributed by atoms with Gasteiger partial charge in [-0.25, -0.2) is 9.67 Å². The fourth-order valence-electron chi connectivity index (χ4n) is 3.51. The molecule has 2 aromatic heterocycles. The molecule has 1 N–H and O–H groups in total. The Morgan fingerprint density at radius 2 is 1.59 bits per heavy atom. The van der Waals surface area contributed by atoms with Crippen molar-refractivity contribution in [1.29, 1.82) is 0 Å². The van der Waals surface area contributed by atoms with Gasteiger partial charge in [0.05, 0.1) is 32.6 Å². The number of aromatic amines is 1. The van der Waals surface area contributed by atoms with Crippen molar-refractivity contribution in [2.24, 2.45) is 0 Å². The number of aromatic nitrogens is 4. The summed E-state index contributed by atoms with van der Waals surface area (Å²) in [6.45, 7) is 0. The van der Waals surface area contributed by atoms with E-state index in [0.29, 0.717) is 17.2 Å². The molecule has 10 nitrogen and oxygen atoms in total. The number of nitrogens with zero attached hydrogens (tertiary/aromatic N) is 5. The van der Waals surface area contributed by atoms with Crippen LogP contribution in [-0.4, -0.2) is 29.6 Å². The lowest BCUT2D eigenvalue weighted by molar-refractivity contribution is -0.394. The number of non-ortho nitro benzene ring substituents is 1. The molecule has 3 aromatic carbocycles. The smallest absolute Gasteiger partial charge is 0.301 e. The van der Waals surface area contributed by atoms with Gasteiger partial charge in [0.25, 0.3) is 5.69 Å². The molecule has 0 aliphatic heterocycles. The van der Waals surface area contributed by atoms with Crippen molar-refractivity contribution < 1.29 is 9.85 Å². The monoisotopic (exact) mass is 426 g/mol. The Morgan fingerprint density at radius 3 is 2.31 bits per heavy atom. The highest BCUT2D eigenvalue weighted by molar-refractivity contribution is 5.80. The number of H-pyrrole nitrogens is 1.